The first-order valence-electron chi connectivity index (χ1n) is 8.54. The number of nitrogens with one attached hydrogen (secondary N) is 1. The number of nitrogens with zero attached hydrogens (tertiary/aromatic N) is 3. The molecule has 0 fully saturated rings. The van der Waals surface area contributed by atoms with Crippen molar-refractivity contribution in [3.05, 3.63) is 72.7 Å². The van der Waals surface area contributed by atoms with Gasteiger partial charge in [-0.05, 0) is 42.8 Å². The quantitative estimate of drug-likeness (QED) is 0.560. The summed E-state index contributed by atoms with van der Waals surface area (Å²) in [6.07, 6.45) is 5.43. The highest BCUT2D eigenvalue weighted by Gasteiger charge is 2.20. The number of aryl methyl sites for hydroxylation is 1. The molecule has 0 aliphatic heterocycles. The van der Waals surface area contributed by atoms with Crippen molar-refractivity contribution in [1.29, 1.82) is 0 Å². The van der Waals surface area contributed by atoms with Crippen molar-refractivity contribution in [3.63, 3.8) is 0 Å². The molecule has 0 saturated heterocycles. The van der Waals surface area contributed by atoms with Crippen LogP contribution < -0.4 is 9.46 Å². The standard InChI is InChI=1S/C20H18N4O3S/c1-14-4-9-18(27-2)19(12-14)28(25,26)23-16-7-5-15(6-8-16)17-13-24-11-3-10-21-20(24)22-17/h3-13,23H,1-2H3. The van der Waals surface area contributed by atoms with Gasteiger partial charge in [0, 0.05) is 29.8 Å². The zero-order chi connectivity index (χ0) is 19.7. The van der Waals surface area contributed by atoms with Crippen molar-refractivity contribution < 1.29 is 13.2 Å². The van der Waals surface area contributed by atoms with Crippen molar-refractivity contribution in [2.45, 2.75) is 11.8 Å². The lowest BCUT2D eigenvalue weighted by Gasteiger charge is -2.12. The summed E-state index contributed by atoms with van der Waals surface area (Å²) in [6, 6.07) is 13.9. The first kappa shape index (κ1) is 18.0. The fourth-order valence-electron chi connectivity index (χ4n) is 2.88. The predicted octanol–water partition coefficient (Wildman–Crippen LogP) is 3.51. The lowest BCUT2D eigenvalue weighted by Crippen LogP contribution is -2.14. The largest absolute Gasteiger partial charge is 0.495 e. The molecule has 4 rings (SSSR count). The van der Waals surface area contributed by atoms with Gasteiger partial charge < -0.3 is 4.74 Å². The Kier molecular flexibility index (Phi) is 4.48. The monoisotopic (exact) mass is 394 g/mol. The zero-order valence-corrected chi connectivity index (χ0v) is 16.1. The number of hydrogen-bond donors (Lipinski definition) is 1. The van der Waals surface area contributed by atoms with Crippen molar-refractivity contribution in [2.75, 3.05) is 11.8 Å². The second-order valence-corrected chi connectivity index (χ2v) is 7.94. The van der Waals surface area contributed by atoms with Crippen LogP contribution in [0.3, 0.4) is 0 Å². The number of fused-ring (bicyclic) bond motifs is 1. The lowest BCUT2D eigenvalue weighted by molar-refractivity contribution is 0.402. The molecule has 0 bridgehead atoms. The molecule has 0 aliphatic carbocycles. The molecule has 0 radical (unpaired) electrons. The minimum absolute atomic E-state index is 0.102. The molecule has 0 atom stereocenters. The maximum atomic E-state index is 12.8. The third-order valence-electron chi connectivity index (χ3n) is 4.28. The molecule has 1 N–H and O–H groups in total. The minimum atomic E-state index is -3.78. The summed E-state index contributed by atoms with van der Waals surface area (Å²) >= 11 is 0. The Labute approximate surface area is 162 Å². The Morgan fingerprint density at radius 2 is 1.89 bits per heavy atom. The Morgan fingerprint density at radius 3 is 2.61 bits per heavy atom. The van der Waals surface area contributed by atoms with Crippen molar-refractivity contribution in [1.82, 2.24) is 14.4 Å². The number of anilines is 1. The first-order valence-corrected chi connectivity index (χ1v) is 10.0. The molecule has 28 heavy (non-hydrogen) atoms. The van der Waals surface area contributed by atoms with E-state index in [0.717, 1.165) is 16.8 Å². The third kappa shape index (κ3) is 3.41. The summed E-state index contributed by atoms with van der Waals surface area (Å²) < 4.78 is 35.2. The van der Waals surface area contributed by atoms with Gasteiger partial charge in [0.1, 0.15) is 10.6 Å². The highest BCUT2D eigenvalue weighted by atomic mass is 32.2. The first-order chi connectivity index (χ1) is 13.5. The average molecular weight is 394 g/mol. The molecule has 2 aromatic carbocycles. The Morgan fingerprint density at radius 1 is 1.11 bits per heavy atom. The Balaban J connectivity index is 1.61. The number of imidazole rings is 1. The predicted molar refractivity (Wildman–Crippen MR) is 107 cm³/mol. The van der Waals surface area contributed by atoms with E-state index in [1.54, 1.807) is 36.5 Å². The summed E-state index contributed by atoms with van der Waals surface area (Å²) in [5.41, 5.74) is 2.90. The lowest BCUT2D eigenvalue weighted by atomic mass is 10.1. The molecule has 7 nitrogen and oxygen atoms in total. The Bertz CT molecular complexity index is 1220. The van der Waals surface area contributed by atoms with Crippen molar-refractivity contribution >= 4 is 21.5 Å². The van der Waals surface area contributed by atoms with Gasteiger partial charge >= 0.3 is 0 Å². The smallest absolute Gasteiger partial charge is 0.265 e. The van der Waals surface area contributed by atoms with Gasteiger partial charge in [0.15, 0.2) is 0 Å². The van der Waals surface area contributed by atoms with Gasteiger partial charge in [-0.2, -0.15) is 0 Å². The zero-order valence-electron chi connectivity index (χ0n) is 15.3. The fourth-order valence-corrected chi connectivity index (χ4v) is 4.20. The second-order valence-electron chi connectivity index (χ2n) is 6.29. The van der Waals surface area contributed by atoms with Crippen LogP contribution in [0.25, 0.3) is 17.0 Å². The number of methoxy groups -OCH3 is 1. The van der Waals surface area contributed by atoms with Crippen molar-refractivity contribution in [2.24, 2.45) is 0 Å². The SMILES string of the molecule is COc1ccc(C)cc1S(=O)(=O)Nc1ccc(-c2cn3cccnc3n2)cc1. The van der Waals surface area contributed by atoms with E-state index in [1.165, 1.54) is 7.11 Å². The highest BCUT2D eigenvalue weighted by molar-refractivity contribution is 7.92. The van der Waals surface area contributed by atoms with Gasteiger partial charge in [-0.25, -0.2) is 18.4 Å². The van der Waals surface area contributed by atoms with Crippen LogP contribution in [0.2, 0.25) is 0 Å². The van der Waals surface area contributed by atoms with Gasteiger partial charge in [0.05, 0.1) is 12.8 Å². The van der Waals surface area contributed by atoms with Crippen LogP contribution in [-0.4, -0.2) is 29.9 Å². The number of aromatic nitrogens is 3. The van der Waals surface area contributed by atoms with Crippen LogP contribution in [0.4, 0.5) is 5.69 Å². The van der Waals surface area contributed by atoms with Crippen LogP contribution >= 0.6 is 0 Å². The number of benzene rings is 2. The van der Waals surface area contributed by atoms with Gasteiger partial charge in [-0.15, -0.1) is 0 Å². The molecule has 2 aromatic heterocycles. The molecule has 2 heterocycles. The fraction of sp³-hybridized carbons (Fsp3) is 0.100. The van der Waals surface area contributed by atoms with E-state index in [4.69, 9.17) is 4.74 Å². The molecule has 4 aromatic rings. The molecule has 142 valence electrons. The van der Waals surface area contributed by atoms with E-state index in [2.05, 4.69) is 14.7 Å². The Hall–Kier alpha value is -3.39. The van der Waals surface area contributed by atoms with E-state index >= 15 is 0 Å². The van der Waals surface area contributed by atoms with E-state index in [9.17, 15) is 8.42 Å². The van der Waals surface area contributed by atoms with Gasteiger partial charge in [-0.1, -0.05) is 18.2 Å². The van der Waals surface area contributed by atoms with Gasteiger partial charge in [-0.3, -0.25) is 9.12 Å². The van der Waals surface area contributed by atoms with E-state index in [1.807, 2.05) is 41.9 Å². The molecule has 8 heteroatoms. The summed E-state index contributed by atoms with van der Waals surface area (Å²) in [6.45, 7) is 1.83. The normalized spacial score (nSPS) is 11.5. The average Bonchev–Trinajstić information content (AvgIpc) is 3.12. The highest BCUT2D eigenvalue weighted by Crippen LogP contribution is 2.28. The van der Waals surface area contributed by atoms with Crippen LogP contribution in [0.5, 0.6) is 5.75 Å². The van der Waals surface area contributed by atoms with Crippen molar-refractivity contribution in [3.8, 4) is 17.0 Å². The van der Waals surface area contributed by atoms with Crippen LogP contribution in [0.15, 0.2) is 72.0 Å². The molecule has 0 unspecified atom stereocenters. The maximum absolute atomic E-state index is 12.8. The summed E-state index contributed by atoms with van der Waals surface area (Å²) in [5.74, 6) is 0.903. The molecular weight excluding hydrogens is 376 g/mol. The number of ether oxygens (including phenoxy) is 1. The molecule has 0 aliphatic rings. The number of hydrogen-bond acceptors (Lipinski definition) is 5. The molecule has 0 amide bonds. The van der Waals surface area contributed by atoms with Gasteiger partial charge in [0.2, 0.25) is 5.78 Å². The summed E-state index contributed by atoms with van der Waals surface area (Å²) in [5, 5.41) is 0. The van der Waals surface area contributed by atoms with E-state index < -0.39 is 10.0 Å². The van der Waals surface area contributed by atoms with Crippen LogP contribution in [0.1, 0.15) is 5.56 Å². The number of rotatable bonds is 5. The third-order valence-corrected chi connectivity index (χ3v) is 5.68. The maximum Gasteiger partial charge on any atom is 0.265 e. The van der Waals surface area contributed by atoms with E-state index in [0.29, 0.717) is 17.2 Å². The topological polar surface area (TPSA) is 85.6 Å². The molecular formula is C20H18N4O3S. The molecule has 0 spiro atoms. The van der Waals surface area contributed by atoms with E-state index in [-0.39, 0.29) is 4.90 Å². The van der Waals surface area contributed by atoms with Gasteiger partial charge in [0.25, 0.3) is 10.0 Å². The second kappa shape index (κ2) is 6.97. The minimum Gasteiger partial charge on any atom is -0.495 e. The summed E-state index contributed by atoms with van der Waals surface area (Å²) in [7, 11) is -2.33. The van der Waals surface area contributed by atoms with Crippen LogP contribution in [-0.2, 0) is 10.0 Å². The summed E-state index contributed by atoms with van der Waals surface area (Å²) in [4.78, 5) is 8.76. The number of sulfonamides is 1. The molecule has 0 saturated carbocycles. The van der Waals surface area contributed by atoms with Crippen LogP contribution in [0, 0.1) is 6.92 Å².